The van der Waals surface area contributed by atoms with E-state index in [9.17, 15) is 0 Å². The van der Waals surface area contributed by atoms with Gasteiger partial charge >= 0.3 is 0 Å². The van der Waals surface area contributed by atoms with E-state index in [2.05, 4.69) is 50.8 Å². The lowest BCUT2D eigenvalue weighted by Crippen LogP contribution is -2.04. The van der Waals surface area contributed by atoms with E-state index < -0.39 is 0 Å². The van der Waals surface area contributed by atoms with Crippen LogP contribution in [0, 0.1) is 6.92 Å². The summed E-state index contributed by atoms with van der Waals surface area (Å²) in [6.45, 7) is 2.71. The van der Waals surface area contributed by atoms with Gasteiger partial charge in [0.15, 0.2) is 5.82 Å². The Kier molecular flexibility index (Phi) is 4.88. The second-order valence-electron chi connectivity index (χ2n) is 5.16. The molecule has 3 aromatic rings. The van der Waals surface area contributed by atoms with Crippen molar-refractivity contribution in [2.75, 3.05) is 11.6 Å². The van der Waals surface area contributed by atoms with Crippen LogP contribution in [0.15, 0.2) is 59.8 Å². The second-order valence-corrected chi connectivity index (χ2v) is 6.04. The molecule has 0 amide bonds. The highest BCUT2D eigenvalue weighted by atomic mass is 32.2. The number of pyridine rings is 1. The van der Waals surface area contributed by atoms with Crippen LogP contribution in [-0.2, 0) is 6.54 Å². The van der Waals surface area contributed by atoms with Gasteiger partial charge in [0.2, 0.25) is 0 Å². The van der Waals surface area contributed by atoms with E-state index in [-0.39, 0.29) is 0 Å². The Bertz CT molecular complexity index is 773. The number of hydrogen-bond acceptors (Lipinski definition) is 5. The minimum Gasteiger partial charge on any atom is -0.366 e. The number of thioether (sulfide) groups is 1. The molecule has 0 radical (unpaired) electrons. The quantitative estimate of drug-likeness (QED) is 0.714. The van der Waals surface area contributed by atoms with Crippen LogP contribution < -0.4 is 5.32 Å². The third-order valence-corrected chi connectivity index (χ3v) is 4.15. The summed E-state index contributed by atoms with van der Waals surface area (Å²) in [5.74, 6) is 1.52. The van der Waals surface area contributed by atoms with Gasteiger partial charge in [-0.15, -0.1) is 11.8 Å². The third kappa shape index (κ3) is 4.07. The van der Waals surface area contributed by atoms with Gasteiger partial charge in [0, 0.05) is 41.2 Å². The Balaban J connectivity index is 1.76. The van der Waals surface area contributed by atoms with E-state index in [1.54, 1.807) is 24.2 Å². The van der Waals surface area contributed by atoms with E-state index in [0.29, 0.717) is 5.82 Å². The Hall–Kier alpha value is -2.40. The predicted molar refractivity (Wildman–Crippen MR) is 95.5 cm³/mol. The lowest BCUT2D eigenvalue weighted by molar-refractivity contribution is 1.06. The maximum atomic E-state index is 4.59. The topological polar surface area (TPSA) is 50.7 Å². The summed E-state index contributed by atoms with van der Waals surface area (Å²) in [5, 5.41) is 3.37. The molecule has 0 aliphatic rings. The summed E-state index contributed by atoms with van der Waals surface area (Å²) in [7, 11) is 0. The molecule has 0 saturated carbocycles. The average Bonchev–Trinajstić information content (AvgIpc) is 2.61. The Morgan fingerprint density at radius 3 is 2.61 bits per heavy atom. The molecule has 0 aliphatic heterocycles. The number of nitrogens with one attached hydrogen (secondary N) is 1. The maximum absolute atomic E-state index is 4.59. The van der Waals surface area contributed by atoms with E-state index in [0.717, 1.165) is 23.6 Å². The van der Waals surface area contributed by atoms with Crippen molar-refractivity contribution in [2.45, 2.75) is 18.4 Å². The third-order valence-electron chi connectivity index (χ3n) is 3.41. The van der Waals surface area contributed by atoms with Gasteiger partial charge < -0.3 is 5.32 Å². The monoisotopic (exact) mass is 322 g/mol. The fraction of sp³-hybridized carbons (Fsp3) is 0.167. The van der Waals surface area contributed by atoms with Gasteiger partial charge in [-0.2, -0.15) is 0 Å². The minimum atomic E-state index is 0.693. The SMILES string of the molecule is CSc1ccc(CNc2cc(C)nc(-c3cccnc3)n2)cc1. The highest BCUT2D eigenvalue weighted by molar-refractivity contribution is 7.98. The number of benzene rings is 1. The lowest BCUT2D eigenvalue weighted by Gasteiger charge is -2.09. The number of hydrogen-bond donors (Lipinski definition) is 1. The van der Waals surface area contributed by atoms with Gasteiger partial charge in [-0.3, -0.25) is 4.98 Å². The van der Waals surface area contributed by atoms with Crippen molar-refractivity contribution in [1.29, 1.82) is 0 Å². The first-order valence-electron chi connectivity index (χ1n) is 7.37. The van der Waals surface area contributed by atoms with Crippen LogP contribution in [0.2, 0.25) is 0 Å². The molecular weight excluding hydrogens is 304 g/mol. The van der Waals surface area contributed by atoms with E-state index in [1.165, 1.54) is 10.5 Å². The molecule has 0 atom stereocenters. The molecule has 0 spiro atoms. The van der Waals surface area contributed by atoms with Gasteiger partial charge in [0.05, 0.1) is 0 Å². The van der Waals surface area contributed by atoms with Crippen molar-refractivity contribution in [3.8, 4) is 11.4 Å². The summed E-state index contributed by atoms with van der Waals surface area (Å²) in [4.78, 5) is 14.5. The van der Waals surface area contributed by atoms with E-state index >= 15 is 0 Å². The first-order chi connectivity index (χ1) is 11.2. The Morgan fingerprint density at radius 1 is 1.09 bits per heavy atom. The molecule has 2 heterocycles. The van der Waals surface area contributed by atoms with Crippen molar-refractivity contribution in [3.05, 3.63) is 66.1 Å². The summed E-state index contributed by atoms with van der Waals surface area (Å²) in [6.07, 6.45) is 5.60. The molecule has 23 heavy (non-hydrogen) atoms. The minimum absolute atomic E-state index is 0.693. The molecule has 0 unspecified atom stereocenters. The average molecular weight is 322 g/mol. The predicted octanol–water partition coefficient (Wildman–Crippen LogP) is 4.18. The first kappa shape index (κ1) is 15.5. The van der Waals surface area contributed by atoms with Crippen molar-refractivity contribution in [2.24, 2.45) is 0 Å². The molecule has 5 heteroatoms. The normalized spacial score (nSPS) is 10.5. The van der Waals surface area contributed by atoms with Crippen molar-refractivity contribution in [1.82, 2.24) is 15.0 Å². The summed E-state index contributed by atoms with van der Waals surface area (Å²) >= 11 is 1.75. The first-order valence-corrected chi connectivity index (χ1v) is 8.60. The van der Waals surface area contributed by atoms with Gasteiger partial charge in [-0.1, -0.05) is 12.1 Å². The van der Waals surface area contributed by atoms with Gasteiger partial charge in [-0.25, -0.2) is 9.97 Å². The van der Waals surface area contributed by atoms with Crippen LogP contribution in [0.25, 0.3) is 11.4 Å². The van der Waals surface area contributed by atoms with Gasteiger partial charge in [0.1, 0.15) is 5.82 Å². The van der Waals surface area contributed by atoms with Crippen LogP contribution in [0.5, 0.6) is 0 Å². The van der Waals surface area contributed by atoms with E-state index in [1.807, 2.05) is 25.1 Å². The zero-order chi connectivity index (χ0) is 16.1. The zero-order valence-electron chi connectivity index (χ0n) is 13.2. The number of aryl methyl sites for hydroxylation is 1. The molecule has 1 aromatic carbocycles. The highest BCUT2D eigenvalue weighted by Crippen LogP contribution is 2.18. The summed E-state index contributed by atoms with van der Waals surface area (Å²) < 4.78 is 0. The van der Waals surface area contributed by atoms with Crippen LogP contribution in [0.4, 0.5) is 5.82 Å². The molecular formula is C18H18N4S. The van der Waals surface area contributed by atoms with Crippen LogP contribution >= 0.6 is 11.8 Å². The highest BCUT2D eigenvalue weighted by Gasteiger charge is 2.05. The molecule has 0 aliphatic carbocycles. The van der Waals surface area contributed by atoms with Crippen LogP contribution in [-0.4, -0.2) is 21.2 Å². The lowest BCUT2D eigenvalue weighted by atomic mass is 10.2. The molecule has 4 nitrogen and oxygen atoms in total. The number of anilines is 1. The summed E-state index contributed by atoms with van der Waals surface area (Å²) in [6, 6.07) is 14.3. The smallest absolute Gasteiger partial charge is 0.163 e. The molecule has 116 valence electrons. The molecule has 3 rings (SSSR count). The molecule has 0 fully saturated rings. The number of rotatable bonds is 5. The zero-order valence-corrected chi connectivity index (χ0v) is 14.0. The number of nitrogens with zero attached hydrogens (tertiary/aromatic N) is 3. The largest absolute Gasteiger partial charge is 0.366 e. The fourth-order valence-electron chi connectivity index (χ4n) is 2.22. The maximum Gasteiger partial charge on any atom is 0.163 e. The second kappa shape index (κ2) is 7.24. The molecule has 0 saturated heterocycles. The van der Waals surface area contributed by atoms with Gasteiger partial charge in [-0.05, 0) is 43.0 Å². The van der Waals surface area contributed by atoms with E-state index in [4.69, 9.17) is 0 Å². The molecule has 1 N–H and O–H groups in total. The van der Waals surface area contributed by atoms with Crippen molar-refractivity contribution in [3.63, 3.8) is 0 Å². The Labute approximate surface area is 140 Å². The molecule has 2 aromatic heterocycles. The molecule has 0 bridgehead atoms. The van der Waals surface area contributed by atoms with Crippen LogP contribution in [0.3, 0.4) is 0 Å². The standard InChI is InChI=1S/C18H18N4S/c1-13-10-17(20-11-14-5-7-16(23-2)8-6-14)22-18(21-13)15-4-3-9-19-12-15/h3-10,12H,11H2,1-2H3,(H,20,21,22). The summed E-state index contributed by atoms with van der Waals surface area (Å²) in [5.41, 5.74) is 3.07. The van der Waals surface area contributed by atoms with Gasteiger partial charge in [0.25, 0.3) is 0 Å². The van der Waals surface area contributed by atoms with Crippen LogP contribution in [0.1, 0.15) is 11.3 Å². The Morgan fingerprint density at radius 2 is 1.91 bits per heavy atom. The number of aromatic nitrogens is 3. The van der Waals surface area contributed by atoms with Crippen molar-refractivity contribution < 1.29 is 0 Å². The fourth-order valence-corrected chi connectivity index (χ4v) is 2.63. The van der Waals surface area contributed by atoms with Crippen molar-refractivity contribution >= 4 is 17.6 Å².